The maximum Gasteiger partial charge on any atom is 0.0812 e. The van der Waals surface area contributed by atoms with E-state index in [-0.39, 0.29) is 0 Å². The van der Waals surface area contributed by atoms with Crippen LogP contribution in [0.15, 0.2) is 54.0 Å². The smallest absolute Gasteiger partial charge is 0.0812 e. The number of aromatic nitrogens is 1. The lowest BCUT2D eigenvalue weighted by Crippen LogP contribution is -1.90. The van der Waals surface area contributed by atoms with Crippen LogP contribution in [0.25, 0.3) is 10.2 Å². The fourth-order valence-electron chi connectivity index (χ4n) is 1.99. The van der Waals surface area contributed by atoms with Crippen molar-refractivity contribution in [2.24, 2.45) is 0 Å². The average molecular weight is 239 g/mol. The van der Waals surface area contributed by atoms with Crippen molar-refractivity contribution < 1.29 is 0 Å². The second kappa shape index (κ2) is 4.68. The standard InChI is InChI=1S/C15H13NS/c1-2-4-12(5-3-1)6-7-13-8-9-14-15(10-13)17-11-16-14/h1-5,8-11H,6-7H2. The molecule has 0 aliphatic carbocycles. The molecule has 1 nitrogen and oxygen atoms in total. The number of rotatable bonds is 3. The van der Waals surface area contributed by atoms with Crippen LogP contribution >= 0.6 is 11.3 Å². The van der Waals surface area contributed by atoms with Gasteiger partial charge in [0.15, 0.2) is 0 Å². The van der Waals surface area contributed by atoms with Crippen LogP contribution in [-0.2, 0) is 12.8 Å². The molecule has 0 unspecified atom stereocenters. The Hall–Kier alpha value is -1.67. The van der Waals surface area contributed by atoms with Crippen molar-refractivity contribution in [2.75, 3.05) is 0 Å². The van der Waals surface area contributed by atoms with Gasteiger partial charge in [-0.1, -0.05) is 36.4 Å². The highest BCUT2D eigenvalue weighted by atomic mass is 32.1. The van der Waals surface area contributed by atoms with Crippen molar-refractivity contribution in [3.8, 4) is 0 Å². The zero-order valence-corrected chi connectivity index (χ0v) is 10.3. The molecule has 0 spiro atoms. The van der Waals surface area contributed by atoms with E-state index >= 15 is 0 Å². The molecule has 0 N–H and O–H groups in total. The molecule has 3 rings (SSSR count). The van der Waals surface area contributed by atoms with E-state index in [0.717, 1.165) is 18.4 Å². The Morgan fingerprint density at radius 1 is 0.882 bits per heavy atom. The van der Waals surface area contributed by atoms with E-state index < -0.39 is 0 Å². The Morgan fingerprint density at radius 2 is 1.71 bits per heavy atom. The van der Waals surface area contributed by atoms with Crippen molar-refractivity contribution >= 4 is 21.6 Å². The van der Waals surface area contributed by atoms with Crippen LogP contribution in [-0.4, -0.2) is 4.98 Å². The highest BCUT2D eigenvalue weighted by molar-refractivity contribution is 7.16. The van der Waals surface area contributed by atoms with Crippen molar-refractivity contribution in [2.45, 2.75) is 12.8 Å². The van der Waals surface area contributed by atoms with Crippen LogP contribution in [0, 0.1) is 0 Å². The van der Waals surface area contributed by atoms with Crippen LogP contribution in [0.1, 0.15) is 11.1 Å². The summed E-state index contributed by atoms with van der Waals surface area (Å²) in [6.45, 7) is 0. The Kier molecular flexibility index (Phi) is 2.88. The van der Waals surface area contributed by atoms with Gasteiger partial charge in [0.1, 0.15) is 0 Å². The fraction of sp³-hybridized carbons (Fsp3) is 0.133. The third-order valence-corrected chi connectivity index (χ3v) is 3.73. The Labute approximate surface area is 105 Å². The van der Waals surface area contributed by atoms with Crippen molar-refractivity contribution in [3.63, 3.8) is 0 Å². The molecule has 0 saturated carbocycles. The first-order valence-electron chi connectivity index (χ1n) is 5.78. The summed E-state index contributed by atoms with van der Waals surface area (Å²) in [5, 5.41) is 0. The van der Waals surface area contributed by atoms with E-state index in [9.17, 15) is 0 Å². The van der Waals surface area contributed by atoms with Crippen LogP contribution in [0.4, 0.5) is 0 Å². The summed E-state index contributed by atoms with van der Waals surface area (Å²) in [7, 11) is 0. The molecule has 17 heavy (non-hydrogen) atoms. The molecule has 0 atom stereocenters. The van der Waals surface area contributed by atoms with Gasteiger partial charge >= 0.3 is 0 Å². The van der Waals surface area contributed by atoms with Gasteiger partial charge < -0.3 is 0 Å². The van der Waals surface area contributed by atoms with Gasteiger partial charge in [-0.05, 0) is 36.1 Å². The predicted octanol–water partition coefficient (Wildman–Crippen LogP) is 4.08. The molecule has 0 radical (unpaired) electrons. The van der Waals surface area contributed by atoms with Crippen LogP contribution in [0.2, 0.25) is 0 Å². The van der Waals surface area contributed by atoms with Gasteiger partial charge in [-0.2, -0.15) is 0 Å². The molecule has 2 heteroatoms. The summed E-state index contributed by atoms with van der Waals surface area (Å²) in [6, 6.07) is 17.2. The predicted molar refractivity (Wildman–Crippen MR) is 73.5 cm³/mol. The molecule has 1 heterocycles. The molecule has 3 aromatic rings. The van der Waals surface area contributed by atoms with Crippen molar-refractivity contribution in [1.82, 2.24) is 4.98 Å². The molecular formula is C15H13NS. The molecule has 84 valence electrons. The number of hydrogen-bond acceptors (Lipinski definition) is 2. The minimum absolute atomic E-state index is 1.10. The molecule has 0 saturated heterocycles. The van der Waals surface area contributed by atoms with Crippen LogP contribution in [0.5, 0.6) is 0 Å². The van der Waals surface area contributed by atoms with E-state index in [1.807, 2.05) is 5.51 Å². The quantitative estimate of drug-likeness (QED) is 0.671. The van der Waals surface area contributed by atoms with E-state index in [1.165, 1.54) is 15.8 Å². The summed E-state index contributed by atoms with van der Waals surface area (Å²) in [6.07, 6.45) is 2.20. The first-order chi connectivity index (χ1) is 8.42. The van der Waals surface area contributed by atoms with Crippen LogP contribution in [0.3, 0.4) is 0 Å². The molecule has 0 aliphatic heterocycles. The lowest BCUT2D eigenvalue weighted by molar-refractivity contribution is 0.962. The number of nitrogens with zero attached hydrogens (tertiary/aromatic N) is 1. The molecular weight excluding hydrogens is 226 g/mol. The highest BCUT2D eigenvalue weighted by Crippen LogP contribution is 2.20. The lowest BCUT2D eigenvalue weighted by atomic mass is 10.0. The van der Waals surface area contributed by atoms with Gasteiger partial charge in [-0.3, -0.25) is 0 Å². The Bertz CT molecular complexity index is 613. The van der Waals surface area contributed by atoms with Gasteiger partial charge in [0, 0.05) is 0 Å². The number of thiazole rings is 1. The van der Waals surface area contributed by atoms with E-state index in [0.29, 0.717) is 0 Å². The number of aryl methyl sites for hydroxylation is 2. The second-order valence-corrected chi connectivity index (χ2v) is 5.03. The van der Waals surface area contributed by atoms with Crippen molar-refractivity contribution in [3.05, 3.63) is 65.2 Å². The number of hydrogen-bond donors (Lipinski definition) is 0. The monoisotopic (exact) mass is 239 g/mol. The normalized spacial score (nSPS) is 10.8. The molecule has 0 bridgehead atoms. The average Bonchev–Trinajstić information content (AvgIpc) is 2.85. The van der Waals surface area contributed by atoms with Gasteiger partial charge in [-0.15, -0.1) is 11.3 Å². The molecule has 2 aromatic carbocycles. The first kappa shape index (κ1) is 10.5. The largest absolute Gasteiger partial charge is 0.245 e. The third kappa shape index (κ3) is 2.37. The number of fused-ring (bicyclic) bond motifs is 1. The summed E-state index contributed by atoms with van der Waals surface area (Å²) < 4.78 is 1.29. The molecule has 0 aliphatic rings. The first-order valence-corrected chi connectivity index (χ1v) is 6.66. The van der Waals surface area contributed by atoms with Crippen LogP contribution < -0.4 is 0 Å². The molecule has 1 aromatic heterocycles. The summed E-state index contributed by atoms with van der Waals surface area (Å²) >= 11 is 1.71. The Balaban J connectivity index is 1.76. The minimum Gasteiger partial charge on any atom is -0.245 e. The topological polar surface area (TPSA) is 12.9 Å². The fourth-order valence-corrected chi connectivity index (χ4v) is 2.73. The van der Waals surface area contributed by atoms with E-state index in [4.69, 9.17) is 0 Å². The van der Waals surface area contributed by atoms with Gasteiger partial charge in [-0.25, -0.2) is 4.98 Å². The van der Waals surface area contributed by atoms with E-state index in [2.05, 4.69) is 53.5 Å². The highest BCUT2D eigenvalue weighted by Gasteiger charge is 1.99. The van der Waals surface area contributed by atoms with Gasteiger partial charge in [0.05, 0.1) is 15.7 Å². The van der Waals surface area contributed by atoms with Gasteiger partial charge in [0.25, 0.3) is 0 Å². The SMILES string of the molecule is c1ccc(CCc2ccc3ncsc3c2)cc1. The molecule has 0 amide bonds. The Morgan fingerprint density at radius 3 is 2.59 bits per heavy atom. The van der Waals surface area contributed by atoms with Crippen molar-refractivity contribution in [1.29, 1.82) is 0 Å². The second-order valence-electron chi connectivity index (χ2n) is 4.14. The molecule has 0 fully saturated rings. The maximum atomic E-state index is 4.30. The lowest BCUT2D eigenvalue weighted by Gasteiger charge is -2.02. The maximum absolute atomic E-state index is 4.30. The summed E-state index contributed by atoms with van der Waals surface area (Å²) in [5.74, 6) is 0. The summed E-state index contributed by atoms with van der Waals surface area (Å²) in [5.41, 5.74) is 5.81. The number of benzene rings is 2. The van der Waals surface area contributed by atoms with Gasteiger partial charge in [0.2, 0.25) is 0 Å². The summed E-state index contributed by atoms with van der Waals surface area (Å²) in [4.78, 5) is 4.30. The minimum atomic E-state index is 1.10. The zero-order valence-electron chi connectivity index (χ0n) is 9.47. The third-order valence-electron chi connectivity index (χ3n) is 2.94. The van der Waals surface area contributed by atoms with E-state index in [1.54, 1.807) is 11.3 Å². The zero-order chi connectivity index (χ0) is 11.5.